The largest absolute Gasteiger partial charge is 0.386 e. The van der Waals surface area contributed by atoms with Crippen molar-refractivity contribution >= 4 is 5.91 Å². The zero-order valence-corrected chi connectivity index (χ0v) is 8.82. The van der Waals surface area contributed by atoms with Crippen molar-refractivity contribution in [1.82, 2.24) is 4.90 Å². The van der Waals surface area contributed by atoms with Crippen LogP contribution in [0.3, 0.4) is 0 Å². The Balaban J connectivity index is 1.55. The number of amides is 1. The first kappa shape index (κ1) is 9.60. The highest BCUT2D eigenvalue weighted by Crippen LogP contribution is 2.44. The van der Waals surface area contributed by atoms with Crippen molar-refractivity contribution in [2.45, 2.75) is 37.4 Å². The van der Waals surface area contributed by atoms with Crippen LogP contribution in [0.5, 0.6) is 0 Å². The molecule has 0 spiro atoms. The van der Waals surface area contributed by atoms with Crippen LogP contribution < -0.4 is 0 Å². The van der Waals surface area contributed by atoms with E-state index in [4.69, 9.17) is 4.74 Å². The molecular weight excluding hydrogens is 194 g/mol. The Labute approximate surface area is 89.2 Å². The molecule has 2 heterocycles. The third-order valence-corrected chi connectivity index (χ3v) is 3.78. The van der Waals surface area contributed by atoms with Gasteiger partial charge in [-0.3, -0.25) is 4.79 Å². The molecule has 1 N–H and O–H groups in total. The van der Waals surface area contributed by atoms with E-state index >= 15 is 0 Å². The van der Waals surface area contributed by atoms with Gasteiger partial charge in [-0.15, -0.1) is 0 Å². The molecule has 1 aliphatic carbocycles. The highest BCUT2D eigenvalue weighted by Gasteiger charge is 2.54. The molecule has 1 unspecified atom stereocenters. The zero-order chi connectivity index (χ0) is 10.5. The lowest BCUT2D eigenvalue weighted by Gasteiger charge is -2.47. The summed E-state index contributed by atoms with van der Waals surface area (Å²) in [6.07, 6.45) is 3.85. The Morgan fingerprint density at radius 3 is 2.60 bits per heavy atom. The monoisotopic (exact) mass is 211 g/mol. The molecule has 4 nitrogen and oxygen atoms in total. The van der Waals surface area contributed by atoms with Gasteiger partial charge in [0.1, 0.15) is 11.7 Å². The molecule has 4 heteroatoms. The zero-order valence-electron chi connectivity index (χ0n) is 8.82. The lowest BCUT2D eigenvalue weighted by atomic mass is 9.88. The van der Waals surface area contributed by atoms with Crippen molar-refractivity contribution in [3.05, 3.63) is 0 Å². The van der Waals surface area contributed by atoms with E-state index in [1.807, 2.05) is 0 Å². The molecule has 3 aliphatic rings. The molecule has 3 fully saturated rings. The van der Waals surface area contributed by atoms with Crippen LogP contribution in [-0.4, -0.2) is 47.3 Å². The van der Waals surface area contributed by atoms with Crippen molar-refractivity contribution in [2.24, 2.45) is 5.92 Å². The first-order valence-corrected chi connectivity index (χ1v) is 5.82. The van der Waals surface area contributed by atoms with Crippen molar-refractivity contribution in [2.75, 3.05) is 19.7 Å². The fourth-order valence-corrected chi connectivity index (χ4v) is 2.63. The smallest absolute Gasteiger partial charge is 0.251 e. The second kappa shape index (κ2) is 3.19. The summed E-state index contributed by atoms with van der Waals surface area (Å²) < 4.78 is 5.34. The fourth-order valence-electron chi connectivity index (χ4n) is 2.63. The molecule has 84 valence electrons. The molecule has 0 radical (unpaired) electrons. The van der Waals surface area contributed by atoms with Gasteiger partial charge in [0.25, 0.3) is 5.91 Å². The maximum atomic E-state index is 11.8. The minimum Gasteiger partial charge on any atom is -0.386 e. The molecule has 1 saturated carbocycles. The van der Waals surface area contributed by atoms with Crippen LogP contribution in [0.25, 0.3) is 0 Å². The minimum atomic E-state index is -0.561. The second-order valence-electron chi connectivity index (χ2n) is 5.07. The first-order chi connectivity index (χ1) is 7.19. The molecule has 3 rings (SSSR count). The summed E-state index contributed by atoms with van der Waals surface area (Å²) in [4.78, 5) is 13.6. The van der Waals surface area contributed by atoms with Gasteiger partial charge in [0, 0.05) is 6.61 Å². The van der Waals surface area contributed by atoms with Crippen molar-refractivity contribution in [3.63, 3.8) is 0 Å². The maximum Gasteiger partial charge on any atom is 0.251 e. The van der Waals surface area contributed by atoms with Crippen LogP contribution in [0.1, 0.15) is 25.7 Å². The second-order valence-corrected chi connectivity index (χ2v) is 5.07. The van der Waals surface area contributed by atoms with Gasteiger partial charge in [-0.05, 0) is 31.6 Å². The summed E-state index contributed by atoms with van der Waals surface area (Å²) >= 11 is 0. The lowest BCUT2D eigenvalue weighted by molar-refractivity contribution is -0.167. The van der Waals surface area contributed by atoms with E-state index in [-0.39, 0.29) is 12.0 Å². The summed E-state index contributed by atoms with van der Waals surface area (Å²) in [5.41, 5.74) is -0.561. The average Bonchev–Trinajstić information content (AvgIpc) is 2.89. The summed E-state index contributed by atoms with van der Waals surface area (Å²) in [6, 6.07) is 0. The molecule has 0 aromatic carbocycles. The van der Waals surface area contributed by atoms with Crippen LogP contribution in [-0.2, 0) is 9.53 Å². The summed E-state index contributed by atoms with van der Waals surface area (Å²) in [6.45, 7) is 1.75. The number of carbonyl (C=O) groups is 1. The molecule has 15 heavy (non-hydrogen) atoms. The number of β-amino-alcohol motifs (C(OH)–C–C–N with tert-alkyl or cyclic N) is 1. The first-order valence-electron chi connectivity index (χ1n) is 5.82. The molecule has 0 aromatic heterocycles. The van der Waals surface area contributed by atoms with Gasteiger partial charge in [-0.25, -0.2) is 0 Å². The predicted octanol–water partition coefficient (Wildman–Crippen LogP) is 0.149. The quantitative estimate of drug-likeness (QED) is 0.707. The molecule has 2 saturated heterocycles. The number of rotatable bonds is 2. The Morgan fingerprint density at radius 2 is 2.07 bits per heavy atom. The number of aliphatic hydroxyl groups is 1. The van der Waals surface area contributed by atoms with Crippen molar-refractivity contribution in [1.29, 1.82) is 0 Å². The van der Waals surface area contributed by atoms with Gasteiger partial charge >= 0.3 is 0 Å². The average molecular weight is 211 g/mol. The number of likely N-dealkylation sites (tertiary alicyclic amines) is 1. The van der Waals surface area contributed by atoms with E-state index in [9.17, 15) is 9.90 Å². The third-order valence-electron chi connectivity index (χ3n) is 3.78. The van der Waals surface area contributed by atoms with Gasteiger partial charge in [-0.2, -0.15) is 0 Å². The molecule has 1 amide bonds. The Kier molecular flexibility index (Phi) is 2.04. The number of hydrogen-bond acceptors (Lipinski definition) is 3. The van der Waals surface area contributed by atoms with Crippen LogP contribution in [0, 0.1) is 5.92 Å². The van der Waals surface area contributed by atoms with E-state index in [1.54, 1.807) is 4.90 Å². The maximum absolute atomic E-state index is 11.8. The number of nitrogens with zero attached hydrogens (tertiary/aromatic N) is 1. The predicted molar refractivity (Wildman–Crippen MR) is 53.2 cm³/mol. The van der Waals surface area contributed by atoms with Crippen molar-refractivity contribution < 1.29 is 14.6 Å². The van der Waals surface area contributed by atoms with Crippen LogP contribution in [0.15, 0.2) is 0 Å². The fraction of sp³-hybridized carbons (Fsp3) is 0.909. The standard InChI is InChI=1S/C11H17NO3/c13-10(9-2-1-5-15-9)12-6-11(14,7-12)8-3-4-8/h8-9,14H,1-7H2. The Hall–Kier alpha value is -0.610. The minimum absolute atomic E-state index is 0.0813. The summed E-state index contributed by atoms with van der Waals surface area (Å²) in [7, 11) is 0. The van der Waals surface area contributed by atoms with Crippen LogP contribution in [0.2, 0.25) is 0 Å². The third kappa shape index (κ3) is 1.56. The van der Waals surface area contributed by atoms with Gasteiger partial charge in [0.15, 0.2) is 0 Å². The molecule has 0 aromatic rings. The van der Waals surface area contributed by atoms with Gasteiger partial charge in [0.2, 0.25) is 0 Å². The van der Waals surface area contributed by atoms with Gasteiger partial charge in [0.05, 0.1) is 13.1 Å². The van der Waals surface area contributed by atoms with Crippen LogP contribution in [0.4, 0.5) is 0 Å². The van der Waals surface area contributed by atoms with E-state index < -0.39 is 5.60 Å². The topological polar surface area (TPSA) is 49.8 Å². The van der Waals surface area contributed by atoms with E-state index in [0.717, 1.165) is 25.7 Å². The van der Waals surface area contributed by atoms with Gasteiger partial charge in [-0.1, -0.05) is 0 Å². The van der Waals surface area contributed by atoms with E-state index in [1.165, 1.54) is 0 Å². The lowest BCUT2D eigenvalue weighted by Crippen LogP contribution is -2.66. The Morgan fingerprint density at radius 1 is 1.33 bits per heavy atom. The number of carbonyl (C=O) groups excluding carboxylic acids is 1. The molecular formula is C11H17NO3. The highest BCUT2D eigenvalue weighted by molar-refractivity contribution is 5.82. The highest BCUT2D eigenvalue weighted by atomic mass is 16.5. The van der Waals surface area contributed by atoms with Crippen LogP contribution >= 0.6 is 0 Å². The van der Waals surface area contributed by atoms with E-state index in [0.29, 0.717) is 25.6 Å². The number of hydrogen-bond donors (Lipinski definition) is 1. The molecule has 1 atom stereocenters. The molecule has 2 aliphatic heterocycles. The molecule has 0 bridgehead atoms. The number of ether oxygens (including phenoxy) is 1. The normalized spacial score (nSPS) is 33.9. The summed E-state index contributed by atoms with van der Waals surface area (Å²) in [5, 5.41) is 10.1. The summed E-state index contributed by atoms with van der Waals surface area (Å²) in [5.74, 6) is 0.531. The van der Waals surface area contributed by atoms with Gasteiger partial charge < -0.3 is 14.7 Å². The SMILES string of the molecule is O=C(C1CCCO1)N1CC(O)(C2CC2)C1. The Bertz CT molecular complexity index is 276. The van der Waals surface area contributed by atoms with E-state index in [2.05, 4.69) is 0 Å². The van der Waals surface area contributed by atoms with Crippen molar-refractivity contribution in [3.8, 4) is 0 Å².